The molecule has 4 N–H and O–H groups in total. The molecule has 4 heteroatoms. The second-order valence-corrected chi connectivity index (χ2v) is 3.22. The van der Waals surface area contributed by atoms with Gasteiger partial charge in [0, 0.05) is 0 Å². The number of carbonyl (C=O) groups is 1. The maximum atomic E-state index is 11.3. The number of allylic oxidation sites excluding steroid dienone is 2. The Morgan fingerprint density at radius 1 is 1.62 bits per heavy atom. The van der Waals surface area contributed by atoms with Gasteiger partial charge in [-0.05, 0) is 31.4 Å². The summed E-state index contributed by atoms with van der Waals surface area (Å²) in [7, 11) is 0. The van der Waals surface area contributed by atoms with Crippen molar-refractivity contribution >= 4 is 5.91 Å². The summed E-state index contributed by atoms with van der Waals surface area (Å²) in [4.78, 5) is 11.3. The summed E-state index contributed by atoms with van der Waals surface area (Å²) in [6.07, 6.45) is 1.55. The van der Waals surface area contributed by atoms with Crippen LogP contribution in [0.3, 0.4) is 0 Å². The number of aliphatic hydroxyl groups excluding tert-OH is 1. The van der Waals surface area contributed by atoms with Crippen LogP contribution in [0.15, 0.2) is 22.9 Å². The summed E-state index contributed by atoms with van der Waals surface area (Å²) >= 11 is 0. The molecule has 1 unspecified atom stereocenters. The fraction of sp³-hybridized carbons (Fsp3) is 0.444. The summed E-state index contributed by atoms with van der Waals surface area (Å²) in [6, 6.07) is 0. The number of rotatable bonds is 0. The first-order valence-corrected chi connectivity index (χ1v) is 4.13. The second kappa shape index (κ2) is 3.62. The Morgan fingerprint density at radius 2 is 2.23 bits per heavy atom. The van der Waals surface area contributed by atoms with Gasteiger partial charge in [-0.2, -0.15) is 0 Å². The fourth-order valence-corrected chi connectivity index (χ4v) is 1.05. The van der Waals surface area contributed by atoms with Gasteiger partial charge in [0.05, 0.1) is 5.70 Å². The predicted octanol–water partition coefficient (Wildman–Crippen LogP) is 0.00370. The zero-order valence-electron chi connectivity index (χ0n) is 7.79. The lowest BCUT2D eigenvalue weighted by Gasteiger charge is -2.17. The standard InChI is InChI=1S/C9H14N2O2/c1-5-3-4-6(2)8(12)11-9(13)7(5)10/h4,8,12H,3,10H2,1-2H3,(H,11,13). The van der Waals surface area contributed by atoms with Crippen LogP contribution in [-0.2, 0) is 4.79 Å². The third kappa shape index (κ3) is 2.09. The third-order valence-electron chi connectivity index (χ3n) is 2.13. The number of nitrogens with two attached hydrogens (primary N) is 1. The normalized spacial score (nSPS) is 24.7. The van der Waals surface area contributed by atoms with Crippen molar-refractivity contribution in [2.24, 2.45) is 5.73 Å². The minimum Gasteiger partial charge on any atom is -0.394 e. The van der Waals surface area contributed by atoms with Crippen LogP contribution in [-0.4, -0.2) is 17.2 Å². The Bertz CT molecular complexity index is 292. The molecule has 0 fully saturated rings. The first-order valence-electron chi connectivity index (χ1n) is 4.13. The van der Waals surface area contributed by atoms with Crippen molar-refractivity contribution in [3.05, 3.63) is 22.9 Å². The van der Waals surface area contributed by atoms with Crippen molar-refractivity contribution < 1.29 is 9.90 Å². The van der Waals surface area contributed by atoms with Crippen LogP contribution in [0.25, 0.3) is 0 Å². The molecular weight excluding hydrogens is 168 g/mol. The number of carbonyl (C=O) groups excluding carboxylic acids is 1. The lowest BCUT2D eigenvalue weighted by atomic mass is 10.1. The van der Waals surface area contributed by atoms with Crippen LogP contribution >= 0.6 is 0 Å². The van der Waals surface area contributed by atoms with E-state index in [0.29, 0.717) is 6.42 Å². The topological polar surface area (TPSA) is 75.4 Å². The van der Waals surface area contributed by atoms with Gasteiger partial charge in [0.2, 0.25) is 0 Å². The summed E-state index contributed by atoms with van der Waals surface area (Å²) in [6.45, 7) is 3.57. The molecule has 0 aromatic heterocycles. The van der Waals surface area contributed by atoms with Gasteiger partial charge in [-0.25, -0.2) is 0 Å². The minimum absolute atomic E-state index is 0.197. The van der Waals surface area contributed by atoms with E-state index < -0.39 is 12.1 Å². The first kappa shape index (κ1) is 9.80. The van der Waals surface area contributed by atoms with E-state index in [1.807, 2.05) is 6.08 Å². The molecule has 4 nitrogen and oxygen atoms in total. The molecule has 0 aliphatic carbocycles. The van der Waals surface area contributed by atoms with Crippen molar-refractivity contribution in [2.75, 3.05) is 0 Å². The van der Waals surface area contributed by atoms with Crippen molar-refractivity contribution in [1.29, 1.82) is 0 Å². The molecule has 0 bridgehead atoms. The van der Waals surface area contributed by atoms with Crippen LogP contribution < -0.4 is 11.1 Å². The quantitative estimate of drug-likeness (QED) is 0.462. The molecule has 1 atom stereocenters. The highest BCUT2D eigenvalue weighted by Gasteiger charge is 2.16. The van der Waals surface area contributed by atoms with E-state index in [4.69, 9.17) is 5.73 Å². The molecule has 72 valence electrons. The molecular formula is C9H14N2O2. The summed E-state index contributed by atoms with van der Waals surface area (Å²) < 4.78 is 0. The Labute approximate surface area is 77.1 Å². The molecule has 1 rings (SSSR count). The van der Waals surface area contributed by atoms with Crippen LogP contribution in [0, 0.1) is 0 Å². The highest BCUT2D eigenvalue weighted by Crippen LogP contribution is 2.12. The first-order chi connectivity index (χ1) is 6.02. The number of hydrogen-bond acceptors (Lipinski definition) is 3. The maximum Gasteiger partial charge on any atom is 0.269 e. The van der Waals surface area contributed by atoms with Gasteiger partial charge >= 0.3 is 0 Å². The van der Waals surface area contributed by atoms with E-state index in [2.05, 4.69) is 5.32 Å². The third-order valence-corrected chi connectivity index (χ3v) is 2.13. The van der Waals surface area contributed by atoms with Crippen molar-refractivity contribution in [2.45, 2.75) is 26.5 Å². The second-order valence-electron chi connectivity index (χ2n) is 3.22. The molecule has 0 saturated carbocycles. The lowest BCUT2D eigenvalue weighted by Crippen LogP contribution is -2.39. The van der Waals surface area contributed by atoms with Crippen molar-refractivity contribution in [3.8, 4) is 0 Å². The van der Waals surface area contributed by atoms with Crippen LogP contribution in [0.1, 0.15) is 20.3 Å². The van der Waals surface area contributed by atoms with Crippen LogP contribution in [0.2, 0.25) is 0 Å². The molecule has 1 aliphatic rings. The number of hydrogen-bond donors (Lipinski definition) is 3. The zero-order chi connectivity index (χ0) is 10.0. The van der Waals surface area contributed by atoms with Gasteiger partial charge in [0.25, 0.3) is 5.91 Å². The monoisotopic (exact) mass is 182 g/mol. The molecule has 0 spiro atoms. The van der Waals surface area contributed by atoms with E-state index in [1.54, 1.807) is 13.8 Å². The van der Waals surface area contributed by atoms with E-state index >= 15 is 0 Å². The van der Waals surface area contributed by atoms with Crippen molar-refractivity contribution in [3.63, 3.8) is 0 Å². The van der Waals surface area contributed by atoms with Gasteiger partial charge < -0.3 is 16.2 Å². The van der Waals surface area contributed by atoms with Gasteiger partial charge in [-0.1, -0.05) is 6.08 Å². The van der Waals surface area contributed by atoms with E-state index in [9.17, 15) is 9.90 Å². The van der Waals surface area contributed by atoms with Crippen molar-refractivity contribution in [1.82, 2.24) is 5.32 Å². The Morgan fingerprint density at radius 3 is 2.85 bits per heavy atom. The van der Waals surface area contributed by atoms with E-state index in [1.165, 1.54) is 0 Å². The highest BCUT2D eigenvalue weighted by molar-refractivity contribution is 5.93. The lowest BCUT2D eigenvalue weighted by molar-refractivity contribution is -0.119. The van der Waals surface area contributed by atoms with Gasteiger partial charge in [0.1, 0.15) is 6.23 Å². The largest absolute Gasteiger partial charge is 0.394 e. The molecule has 0 aromatic carbocycles. The number of nitrogens with one attached hydrogen (secondary N) is 1. The van der Waals surface area contributed by atoms with Gasteiger partial charge in [-0.3, -0.25) is 4.79 Å². The molecule has 13 heavy (non-hydrogen) atoms. The maximum absolute atomic E-state index is 11.3. The van der Waals surface area contributed by atoms with Gasteiger partial charge in [0.15, 0.2) is 0 Å². The molecule has 1 aliphatic heterocycles. The fourth-order valence-electron chi connectivity index (χ4n) is 1.05. The average molecular weight is 182 g/mol. The molecule has 1 amide bonds. The summed E-state index contributed by atoms with van der Waals surface area (Å²) in [5, 5.41) is 11.8. The highest BCUT2D eigenvalue weighted by atomic mass is 16.3. The number of amides is 1. The van der Waals surface area contributed by atoms with Gasteiger partial charge in [-0.15, -0.1) is 0 Å². The zero-order valence-corrected chi connectivity index (χ0v) is 7.79. The molecule has 0 aromatic rings. The summed E-state index contributed by atoms with van der Waals surface area (Å²) in [5.74, 6) is -0.405. The minimum atomic E-state index is -0.917. The Balaban J connectivity index is 2.96. The molecule has 1 heterocycles. The summed E-state index contributed by atoms with van der Waals surface area (Å²) in [5.41, 5.74) is 7.28. The molecule has 0 saturated heterocycles. The molecule has 0 radical (unpaired) electrons. The predicted molar refractivity (Wildman–Crippen MR) is 49.4 cm³/mol. The Kier molecular flexibility index (Phi) is 2.72. The number of aliphatic hydroxyl groups is 1. The van der Waals surface area contributed by atoms with E-state index in [-0.39, 0.29) is 5.70 Å². The van der Waals surface area contributed by atoms with E-state index in [0.717, 1.165) is 11.1 Å². The Hall–Kier alpha value is -1.29. The average Bonchev–Trinajstić information content (AvgIpc) is 2.10. The van der Waals surface area contributed by atoms with Crippen LogP contribution in [0.4, 0.5) is 0 Å². The SMILES string of the molecule is CC1=CCC(C)=C(N)C(=O)NC1O. The van der Waals surface area contributed by atoms with Crippen LogP contribution in [0.5, 0.6) is 0 Å². The smallest absolute Gasteiger partial charge is 0.269 e.